The minimum atomic E-state index is 0.394. The van der Waals surface area contributed by atoms with Gasteiger partial charge in [0.15, 0.2) is 5.11 Å². The van der Waals surface area contributed by atoms with Gasteiger partial charge in [-0.05, 0) is 86.8 Å². The summed E-state index contributed by atoms with van der Waals surface area (Å²) in [5.41, 5.74) is 3.72. The van der Waals surface area contributed by atoms with Crippen molar-refractivity contribution in [2.45, 2.75) is 50.9 Å². The lowest BCUT2D eigenvalue weighted by molar-refractivity contribution is 0.210. The van der Waals surface area contributed by atoms with Crippen LogP contribution in [0.1, 0.15) is 43.2 Å². The van der Waals surface area contributed by atoms with E-state index >= 15 is 0 Å². The molecule has 1 saturated carbocycles. The van der Waals surface area contributed by atoms with Crippen molar-refractivity contribution in [1.29, 1.82) is 0 Å². The van der Waals surface area contributed by atoms with Crippen LogP contribution < -0.4 is 15.4 Å². The maximum Gasteiger partial charge on any atom is 0.170 e. The van der Waals surface area contributed by atoms with Crippen LogP contribution in [0.15, 0.2) is 48.5 Å². The highest BCUT2D eigenvalue weighted by atomic mass is 32.2. The van der Waals surface area contributed by atoms with Gasteiger partial charge in [0.1, 0.15) is 5.75 Å². The van der Waals surface area contributed by atoms with Crippen molar-refractivity contribution in [3.63, 3.8) is 0 Å². The fourth-order valence-corrected chi connectivity index (χ4v) is 4.49. The molecule has 0 unspecified atom stereocenters. The van der Waals surface area contributed by atoms with Gasteiger partial charge in [-0.25, -0.2) is 0 Å². The van der Waals surface area contributed by atoms with Gasteiger partial charge in [0.2, 0.25) is 0 Å². The summed E-state index contributed by atoms with van der Waals surface area (Å²) in [6.07, 6.45) is 6.41. The van der Waals surface area contributed by atoms with Crippen molar-refractivity contribution in [2.24, 2.45) is 0 Å². The van der Waals surface area contributed by atoms with E-state index in [0.717, 1.165) is 35.9 Å². The van der Waals surface area contributed by atoms with E-state index in [0.29, 0.717) is 11.2 Å². The lowest BCUT2D eigenvalue weighted by Gasteiger charge is -2.14. The highest BCUT2D eigenvalue weighted by molar-refractivity contribution is 7.98. The molecule has 150 valence electrons. The Bertz CT molecular complexity index is 743. The molecular formula is C23H30N2OS2. The zero-order valence-corrected chi connectivity index (χ0v) is 18.2. The normalized spacial score (nSPS) is 14.0. The Labute approximate surface area is 178 Å². The molecule has 5 heteroatoms. The highest BCUT2D eigenvalue weighted by Crippen LogP contribution is 2.25. The molecule has 0 saturated heterocycles. The van der Waals surface area contributed by atoms with Gasteiger partial charge < -0.3 is 15.4 Å². The molecule has 0 amide bonds. The van der Waals surface area contributed by atoms with Crippen molar-refractivity contribution in [3.8, 4) is 5.75 Å². The largest absolute Gasteiger partial charge is 0.490 e. The number of rotatable bonds is 9. The van der Waals surface area contributed by atoms with Crippen LogP contribution in [-0.4, -0.2) is 23.5 Å². The molecule has 3 rings (SSSR count). The number of hydrogen-bond acceptors (Lipinski definition) is 3. The van der Waals surface area contributed by atoms with E-state index in [2.05, 4.69) is 41.8 Å². The predicted molar refractivity (Wildman–Crippen MR) is 126 cm³/mol. The van der Waals surface area contributed by atoms with Gasteiger partial charge in [0, 0.05) is 18.0 Å². The quantitative estimate of drug-likeness (QED) is 0.393. The summed E-state index contributed by atoms with van der Waals surface area (Å²) in [7, 11) is 0. The summed E-state index contributed by atoms with van der Waals surface area (Å²) >= 11 is 7.36. The Morgan fingerprint density at radius 1 is 1.14 bits per heavy atom. The van der Waals surface area contributed by atoms with E-state index in [1.54, 1.807) is 0 Å². The fraction of sp³-hybridized carbons (Fsp3) is 0.435. The molecule has 1 aliphatic carbocycles. The van der Waals surface area contributed by atoms with Gasteiger partial charge >= 0.3 is 0 Å². The van der Waals surface area contributed by atoms with Crippen molar-refractivity contribution in [3.05, 3.63) is 59.7 Å². The standard InChI is InChI=1S/C23H30N2OS2/c1-18-6-4-7-19(16-18)17-28-15-5-14-24-23(27)25-20-10-12-22(13-11-20)26-21-8-2-3-9-21/h4,6-7,10-13,16,21H,2-3,5,8-9,14-15,17H2,1H3,(H2,24,25,27). The summed E-state index contributed by atoms with van der Waals surface area (Å²) in [6.45, 7) is 3.03. The lowest BCUT2D eigenvalue weighted by atomic mass is 10.2. The van der Waals surface area contributed by atoms with Crippen LogP contribution in [0.4, 0.5) is 5.69 Å². The Morgan fingerprint density at radius 2 is 1.93 bits per heavy atom. The highest BCUT2D eigenvalue weighted by Gasteiger charge is 2.16. The molecule has 1 fully saturated rings. The van der Waals surface area contributed by atoms with Gasteiger partial charge in [-0.15, -0.1) is 0 Å². The number of ether oxygens (including phenoxy) is 1. The topological polar surface area (TPSA) is 33.3 Å². The molecule has 0 radical (unpaired) electrons. The summed E-state index contributed by atoms with van der Waals surface area (Å²) < 4.78 is 6.00. The molecule has 0 atom stereocenters. The van der Waals surface area contributed by atoms with E-state index in [1.165, 1.54) is 36.8 Å². The Kier molecular flexibility index (Phi) is 8.49. The van der Waals surface area contributed by atoms with E-state index in [9.17, 15) is 0 Å². The zero-order valence-electron chi connectivity index (χ0n) is 16.6. The van der Waals surface area contributed by atoms with Crippen LogP contribution >= 0.6 is 24.0 Å². The average Bonchev–Trinajstić information content (AvgIpc) is 3.19. The molecule has 2 aromatic rings. The third-order valence-corrected chi connectivity index (χ3v) is 6.18. The second-order valence-electron chi connectivity index (χ2n) is 7.32. The molecule has 0 heterocycles. The van der Waals surface area contributed by atoms with Gasteiger partial charge in [-0.2, -0.15) is 11.8 Å². The summed E-state index contributed by atoms with van der Waals surface area (Å²) in [5.74, 6) is 3.14. The number of hydrogen-bond donors (Lipinski definition) is 2. The minimum Gasteiger partial charge on any atom is -0.490 e. The second kappa shape index (κ2) is 11.3. The number of thioether (sulfide) groups is 1. The first-order chi connectivity index (χ1) is 13.7. The molecular weight excluding hydrogens is 384 g/mol. The molecule has 0 aromatic heterocycles. The number of anilines is 1. The Morgan fingerprint density at radius 3 is 2.68 bits per heavy atom. The van der Waals surface area contributed by atoms with E-state index in [4.69, 9.17) is 17.0 Å². The Hall–Kier alpha value is -1.72. The van der Waals surface area contributed by atoms with Crippen molar-refractivity contribution in [1.82, 2.24) is 5.32 Å². The van der Waals surface area contributed by atoms with Gasteiger partial charge in [0.25, 0.3) is 0 Å². The lowest BCUT2D eigenvalue weighted by Crippen LogP contribution is -2.29. The smallest absolute Gasteiger partial charge is 0.170 e. The van der Waals surface area contributed by atoms with Crippen LogP contribution in [0.3, 0.4) is 0 Å². The zero-order chi connectivity index (χ0) is 19.6. The van der Waals surface area contributed by atoms with Crippen molar-refractivity contribution in [2.75, 3.05) is 17.6 Å². The molecule has 0 spiro atoms. The van der Waals surface area contributed by atoms with E-state index in [1.807, 2.05) is 36.0 Å². The molecule has 3 nitrogen and oxygen atoms in total. The fourth-order valence-electron chi connectivity index (χ4n) is 3.36. The van der Waals surface area contributed by atoms with E-state index in [-0.39, 0.29) is 0 Å². The van der Waals surface area contributed by atoms with Crippen molar-refractivity contribution < 1.29 is 4.74 Å². The average molecular weight is 415 g/mol. The maximum atomic E-state index is 6.00. The predicted octanol–water partition coefficient (Wildman–Crippen LogP) is 5.93. The van der Waals surface area contributed by atoms with Gasteiger partial charge in [-0.3, -0.25) is 0 Å². The Balaban J connectivity index is 1.27. The first kappa shape index (κ1) is 21.0. The number of aryl methyl sites for hydroxylation is 1. The van der Waals surface area contributed by atoms with Gasteiger partial charge in [-0.1, -0.05) is 29.8 Å². The van der Waals surface area contributed by atoms with Crippen LogP contribution in [0, 0.1) is 6.92 Å². The van der Waals surface area contributed by atoms with Crippen LogP contribution in [0.5, 0.6) is 5.75 Å². The van der Waals surface area contributed by atoms with Gasteiger partial charge in [0.05, 0.1) is 6.10 Å². The molecule has 28 heavy (non-hydrogen) atoms. The molecule has 2 aromatic carbocycles. The minimum absolute atomic E-state index is 0.394. The second-order valence-corrected chi connectivity index (χ2v) is 8.84. The molecule has 1 aliphatic rings. The first-order valence-corrected chi connectivity index (χ1v) is 11.7. The summed E-state index contributed by atoms with van der Waals surface area (Å²) in [6, 6.07) is 16.8. The van der Waals surface area contributed by atoms with Crippen LogP contribution in [-0.2, 0) is 5.75 Å². The van der Waals surface area contributed by atoms with Crippen LogP contribution in [0.2, 0.25) is 0 Å². The summed E-state index contributed by atoms with van der Waals surface area (Å²) in [4.78, 5) is 0. The third-order valence-electron chi connectivity index (χ3n) is 4.82. The monoisotopic (exact) mass is 414 g/mol. The first-order valence-electron chi connectivity index (χ1n) is 10.1. The number of benzene rings is 2. The summed E-state index contributed by atoms with van der Waals surface area (Å²) in [5, 5.41) is 7.21. The molecule has 2 N–H and O–H groups in total. The molecule has 0 bridgehead atoms. The van der Waals surface area contributed by atoms with Crippen molar-refractivity contribution >= 4 is 34.8 Å². The van der Waals surface area contributed by atoms with Crippen LogP contribution in [0.25, 0.3) is 0 Å². The molecule has 0 aliphatic heterocycles. The van der Waals surface area contributed by atoms with E-state index < -0.39 is 0 Å². The maximum absolute atomic E-state index is 6.00. The number of thiocarbonyl (C=S) groups is 1. The number of nitrogens with one attached hydrogen (secondary N) is 2. The SMILES string of the molecule is Cc1cccc(CSCCCNC(=S)Nc2ccc(OC3CCCC3)cc2)c1. The third kappa shape index (κ3) is 7.36.